The molecule has 4 heterocycles. The molecule has 9 rings (SSSR count). The van der Waals surface area contributed by atoms with Crippen LogP contribution in [0.5, 0.6) is 0 Å². The van der Waals surface area contributed by atoms with E-state index in [1.54, 1.807) is 48.4 Å². The minimum atomic E-state index is -4.62. The first kappa shape index (κ1) is 52.1. The summed E-state index contributed by atoms with van der Waals surface area (Å²) in [5.41, 5.74) is 7.86. The van der Waals surface area contributed by atoms with E-state index in [0.717, 1.165) is 80.0 Å². The third-order valence-corrected chi connectivity index (χ3v) is 15.6. The quantitative estimate of drug-likeness (QED) is 0.0427. The van der Waals surface area contributed by atoms with Crippen LogP contribution in [-0.2, 0) is 43.7 Å². The lowest BCUT2D eigenvalue weighted by Crippen LogP contribution is -2.50. The van der Waals surface area contributed by atoms with E-state index in [4.69, 9.17) is 9.05 Å². The number of carbonyl (C=O) groups is 4. The second-order valence-corrected chi connectivity index (χ2v) is 21.8. The Morgan fingerprint density at radius 3 is 1.62 bits per heavy atom. The van der Waals surface area contributed by atoms with Crippen molar-refractivity contribution in [3.8, 4) is 22.3 Å². The predicted molar refractivity (Wildman–Crippen MR) is 277 cm³/mol. The maximum absolute atomic E-state index is 14.1. The van der Waals surface area contributed by atoms with Gasteiger partial charge in [0.15, 0.2) is 13.5 Å². The normalized spacial score (nSPS) is 16.7. The zero-order chi connectivity index (χ0) is 52.4. The monoisotopic (exact) mass is 1030 g/mol. The highest BCUT2D eigenvalue weighted by Gasteiger charge is 2.48. The van der Waals surface area contributed by atoms with Crippen molar-refractivity contribution >= 4 is 42.8 Å². The van der Waals surface area contributed by atoms with E-state index >= 15 is 0 Å². The lowest BCUT2D eigenvalue weighted by molar-refractivity contribution is -0.120. The van der Waals surface area contributed by atoms with Crippen molar-refractivity contribution in [2.45, 2.75) is 131 Å². The molecule has 4 aromatic heterocycles. The van der Waals surface area contributed by atoms with Gasteiger partial charge in [-0.1, -0.05) is 43.5 Å². The predicted octanol–water partition coefficient (Wildman–Crippen LogP) is 8.40. The fraction of sp³-hybridized carbons (Fsp3) is 0.472. The van der Waals surface area contributed by atoms with Crippen LogP contribution in [0.1, 0.15) is 121 Å². The first-order chi connectivity index (χ1) is 35.5. The third kappa shape index (κ3) is 11.8. The summed E-state index contributed by atoms with van der Waals surface area (Å²) in [6.07, 6.45) is 12.2. The number of carbonyl (C=O) groups excluding carboxylic acids is 4. The number of phosphoric ester groups is 1. The van der Waals surface area contributed by atoms with E-state index in [1.807, 2.05) is 77.9 Å². The molecule has 0 radical (unpaired) electrons. The molecule has 5 N–H and O–H groups in total. The summed E-state index contributed by atoms with van der Waals surface area (Å²) >= 11 is 0. The van der Waals surface area contributed by atoms with Gasteiger partial charge in [0.1, 0.15) is 23.5 Å². The first-order valence-corrected chi connectivity index (χ1v) is 27.1. The molecule has 3 aliphatic rings. The van der Waals surface area contributed by atoms with E-state index in [9.17, 15) is 28.6 Å². The smallest absolute Gasteiger partial charge is 0.339 e. The molecule has 2 aromatic carbocycles. The van der Waals surface area contributed by atoms with E-state index in [2.05, 4.69) is 41.7 Å². The molecular weight excluding hydrogens is 964 g/mol. The summed E-state index contributed by atoms with van der Waals surface area (Å²) in [6.45, 7) is 10.5. The Balaban J connectivity index is 0.798. The zero-order valence-corrected chi connectivity index (χ0v) is 44.0. The number of aromatic nitrogens is 8. The molecule has 0 spiro atoms. The Kier molecular flexibility index (Phi) is 15.5. The summed E-state index contributed by atoms with van der Waals surface area (Å²) in [5.74, 6) is -0.326. The van der Waals surface area contributed by atoms with Crippen LogP contribution in [0.4, 0.5) is 11.4 Å². The number of hydrogen-bond acceptors (Lipinski definition) is 11. The lowest BCUT2D eigenvalue weighted by atomic mass is 9.83. The fourth-order valence-corrected chi connectivity index (χ4v) is 11.3. The molecular formula is C53H67N12O8P. The van der Waals surface area contributed by atoms with Crippen LogP contribution in [0.2, 0.25) is 0 Å². The van der Waals surface area contributed by atoms with Crippen LogP contribution in [0.25, 0.3) is 22.3 Å². The van der Waals surface area contributed by atoms with Gasteiger partial charge in [-0.25, -0.2) is 13.9 Å². The van der Waals surface area contributed by atoms with Crippen LogP contribution in [0.3, 0.4) is 0 Å². The molecule has 3 aliphatic carbocycles. The van der Waals surface area contributed by atoms with Gasteiger partial charge >= 0.3 is 7.82 Å². The van der Waals surface area contributed by atoms with E-state index < -0.39 is 19.9 Å². The van der Waals surface area contributed by atoms with E-state index in [0.29, 0.717) is 57.4 Å². The van der Waals surface area contributed by atoms with Gasteiger partial charge in [-0.3, -0.25) is 37.6 Å². The Bertz CT molecular complexity index is 3040. The van der Waals surface area contributed by atoms with E-state index in [1.165, 1.54) is 14.0 Å². The largest absolute Gasteiger partial charge is 0.475 e. The van der Waals surface area contributed by atoms with Crippen molar-refractivity contribution in [3.63, 3.8) is 0 Å². The minimum Gasteiger partial charge on any atom is -0.339 e. The highest BCUT2D eigenvalue weighted by atomic mass is 31.2. The second-order valence-electron chi connectivity index (χ2n) is 20.4. The highest BCUT2D eigenvalue weighted by Crippen LogP contribution is 2.51. The number of rotatable bonds is 21. The standard InChI is InChI=1S/C53H67N12O8P/c1-31(2)65-44(26-28-55-65)51(67)59-49(47(38-13-14-38)39-15-16-39)53(69)57-42-23-19-37(20-24-42)46-33(4)61-64(35(46)6)30-73-74(70,71)72-29-63-34(5)45(32(3)60-63)36-17-21-41(22-18-36)56-52(68)48(40-11-9-8-10-12-40)58-50(66)43-25-27-54-62(43)7/h17-28,31,38-40,47-49H,8-16,29-30H2,1-7H3,(H,56,68)(H,57,69)(H,58,66)(H,59,67)(H,70,71)/t48-,49-/m0/s1. The molecule has 6 aromatic rings. The summed E-state index contributed by atoms with van der Waals surface area (Å²) in [5, 5.41) is 29.8. The van der Waals surface area contributed by atoms with Crippen LogP contribution in [0, 0.1) is 51.4 Å². The van der Waals surface area contributed by atoms with Crippen molar-refractivity contribution < 1.29 is 37.7 Å². The molecule has 1 unspecified atom stereocenters. The van der Waals surface area contributed by atoms with Crippen molar-refractivity contribution in [2.75, 3.05) is 10.6 Å². The van der Waals surface area contributed by atoms with Crippen LogP contribution < -0.4 is 21.3 Å². The van der Waals surface area contributed by atoms with Gasteiger partial charge in [0.25, 0.3) is 11.8 Å². The zero-order valence-electron chi connectivity index (χ0n) is 43.1. The van der Waals surface area contributed by atoms with Gasteiger partial charge in [0.2, 0.25) is 11.8 Å². The van der Waals surface area contributed by atoms with E-state index in [-0.39, 0.29) is 55.0 Å². The number of amides is 4. The van der Waals surface area contributed by atoms with Crippen LogP contribution in [-0.4, -0.2) is 79.7 Å². The molecule has 392 valence electrons. The first-order valence-electron chi connectivity index (χ1n) is 25.6. The number of nitrogens with one attached hydrogen (secondary N) is 4. The van der Waals surface area contributed by atoms with Gasteiger partial charge in [-0.2, -0.15) is 20.4 Å². The average Bonchev–Trinajstić information content (AvgIpc) is 4.25. The van der Waals surface area contributed by atoms with Gasteiger partial charge in [-0.05, 0) is 151 Å². The van der Waals surface area contributed by atoms with Crippen molar-refractivity contribution in [1.82, 2.24) is 49.8 Å². The number of benzene rings is 2. The Hall–Kier alpha value is -6.73. The Morgan fingerprint density at radius 2 is 1.14 bits per heavy atom. The Morgan fingerprint density at radius 1 is 0.649 bits per heavy atom. The van der Waals surface area contributed by atoms with Gasteiger partial charge in [-0.15, -0.1) is 0 Å². The molecule has 3 atom stereocenters. The second kappa shape index (κ2) is 22.0. The van der Waals surface area contributed by atoms with Crippen molar-refractivity contribution in [3.05, 3.63) is 107 Å². The SMILES string of the molecule is Cc1nn(COP(=O)(O)OCn2nc(C)c(-c3ccc(NC(=O)[C@@H](NC(=O)c4ccnn4C(C)C)C(C4CC4)C4CC4)cc3)c2C)c(C)c1-c1ccc(NC(=O)[C@@H](NC(=O)c2ccnn2C)C2CCCCC2)cc1. The number of nitrogens with zero attached hydrogens (tertiary/aromatic N) is 8. The molecule has 0 aliphatic heterocycles. The topological polar surface area (TPSA) is 243 Å². The summed E-state index contributed by atoms with van der Waals surface area (Å²) in [6, 6.07) is 16.6. The molecule has 20 nitrogen and oxygen atoms in total. The molecule has 21 heteroatoms. The van der Waals surface area contributed by atoms with Crippen LogP contribution >= 0.6 is 7.82 Å². The molecule has 3 saturated carbocycles. The highest BCUT2D eigenvalue weighted by molar-refractivity contribution is 7.47. The molecule has 4 amide bonds. The van der Waals surface area contributed by atoms with Gasteiger partial charge in [0, 0.05) is 59.4 Å². The summed E-state index contributed by atoms with van der Waals surface area (Å²) in [7, 11) is -2.93. The number of anilines is 2. The molecule has 0 saturated heterocycles. The van der Waals surface area contributed by atoms with Crippen molar-refractivity contribution in [2.24, 2.45) is 30.7 Å². The number of aryl methyl sites for hydroxylation is 3. The Labute approximate surface area is 430 Å². The maximum atomic E-state index is 14.1. The lowest BCUT2D eigenvalue weighted by Gasteiger charge is -2.30. The summed E-state index contributed by atoms with van der Waals surface area (Å²) in [4.78, 5) is 65.4. The van der Waals surface area contributed by atoms with Gasteiger partial charge < -0.3 is 26.2 Å². The van der Waals surface area contributed by atoms with Crippen LogP contribution in [0.15, 0.2) is 73.1 Å². The molecule has 0 bridgehead atoms. The molecule has 3 fully saturated rings. The fourth-order valence-electron chi connectivity index (χ4n) is 10.7. The van der Waals surface area contributed by atoms with Gasteiger partial charge in [0.05, 0.1) is 11.4 Å². The minimum absolute atomic E-state index is 0.0111. The average molecular weight is 1030 g/mol. The number of hydrogen-bond donors (Lipinski definition) is 5. The number of phosphoric acid groups is 1. The third-order valence-electron chi connectivity index (χ3n) is 14.8. The molecule has 74 heavy (non-hydrogen) atoms. The maximum Gasteiger partial charge on any atom is 0.475 e. The summed E-state index contributed by atoms with van der Waals surface area (Å²) < 4.78 is 30.3. The van der Waals surface area contributed by atoms with Crippen molar-refractivity contribution in [1.29, 1.82) is 0 Å².